The minimum Gasteiger partial charge on any atom is -0.741 e. The number of Topliss-reactive ketones (excluding diaryl/α,β-unsaturated/α-hetero) is 2. The fraction of sp³-hybridized carbons (Fsp3) is 0.278. The zero-order valence-corrected chi connectivity index (χ0v) is 36.0. The van der Waals surface area contributed by atoms with Crippen LogP contribution in [-0.2, 0) is 62.9 Å². The van der Waals surface area contributed by atoms with Gasteiger partial charge in [0.1, 0.15) is 11.6 Å². The third-order valence-corrected chi connectivity index (χ3v) is 8.07. The molecule has 5 aromatic rings. The van der Waals surface area contributed by atoms with Crippen molar-refractivity contribution in [2.24, 2.45) is 0 Å². The van der Waals surface area contributed by atoms with Crippen molar-refractivity contribution in [1.29, 1.82) is 0 Å². The molecule has 7 N–H and O–H groups in total. The normalized spacial score (nSPS) is 10.9. The maximum Gasteiger partial charge on any atom is 2.00 e. The molecule has 345 valence electrons. The summed E-state index contributed by atoms with van der Waals surface area (Å²) in [7, 11) is -12.2. The van der Waals surface area contributed by atoms with Gasteiger partial charge in [-0.2, -0.15) is 26.3 Å². The van der Waals surface area contributed by atoms with E-state index in [2.05, 4.69) is 38.8 Å². The predicted octanol–water partition coefficient (Wildman–Crippen LogP) is 3.48. The van der Waals surface area contributed by atoms with Gasteiger partial charge in [0.2, 0.25) is 0 Å². The average molecular weight is 973 g/mol. The van der Waals surface area contributed by atoms with Gasteiger partial charge in [0, 0.05) is 37.2 Å². The minimum absolute atomic E-state index is 0. The molecule has 5 rings (SSSR count). The van der Waals surface area contributed by atoms with Crippen molar-refractivity contribution in [1.82, 2.24) is 29.9 Å². The molecule has 0 fully saturated rings. The van der Waals surface area contributed by atoms with Gasteiger partial charge in [-0.15, -0.1) is 0 Å². The number of hydrogen-bond donors (Lipinski definition) is 0. The van der Waals surface area contributed by atoms with Gasteiger partial charge in [0.25, 0.3) is 0 Å². The largest absolute Gasteiger partial charge is 2.00 e. The Labute approximate surface area is 363 Å². The molecular weight excluding hydrogens is 929 g/mol. The SMILES string of the molecule is CC(C)=O.CC(C)=O.CC(c1ccccn1)(c1ccccn1)c1cncc(C(C)(c2ccccn2)c2ccccn2)n1.O.O.O=S(=O)([O-])C(F)(F)F.O=S(=O)([O-])C(F)(F)F.[Co+2].[OH3+]. The molecule has 0 aromatic carbocycles. The summed E-state index contributed by atoms with van der Waals surface area (Å²) in [6.45, 7) is 10.3. The van der Waals surface area contributed by atoms with Gasteiger partial charge in [-0.05, 0) is 90.1 Å². The first kappa shape index (κ1) is 63.4. The van der Waals surface area contributed by atoms with Gasteiger partial charge < -0.3 is 35.1 Å². The summed E-state index contributed by atoms with van der Waals surface area (Å²) in [6.07, 6.45) is 10.8. The number of rotatable bonds is 6. The Kier molecular flexibility index (Phi) is 27.6. The molecule has 0 aliphatic rings. The van der Waals surface area contributed by atoms with Gasteiger partial charge in [-0.25, -0.2) is 16.8 Å². The summed E-state index contributed by atoms with van der Waals surface area (Å²) < 4.78 is 118. The number of hydrogen-bond acceptors (Lipinski definition) is 14. The van der Waals surface area contributed by atoms with Crippen molar-refractivity contribution in [2.75, 3.05) is 0 Å². The summed E-state index contributed by atoms with van der Waals surface area (Å²) in [6, 6.07) is 23.5. The zero-order valence-electron chi connectivity index (χ0n) is 33.3. The monoisotopic (exact) mass is 972 g/mol. The van der Waals surface area contributed by atoms with Crippen molar-refractivity contribution in [3.63, 3.8) is 0 Å². The number of halogens is 6. The number of ketones is 2. The number of aromatic nitrogens is 6. The van der Waals surface area contributed by atoms with Gasteiger partial charge in [-0.1, -0.05) is 24.3 Å². The number of alkyl halides is 6. The van der Waals surface area contributed by atoms with Crippen molar-refractivity contribution >= 4 is 31.8 Å². The van der Waals surface area contributed by atoms with Crippen molar-refractivity contribution in [3.05, 3.63) is 144 Å². The van der Waals surface area contributed by atoms with Crippen molar-refractivity contribution in [3.8, 4) is 0 Å². The van der Waals surface area contributed by atoms with Crippen LogP contribution in [0.4, 0.5) is 26.3 Å². The van der Waals surface area contributed by atoms with Crippen LogP contribution in [0.1, 0.15) is 75.7 Å². The Morgan fingerprint density at radius 3 is 0.839 bits per heavy atom. The van der Waals surface area contributed by atoms with E-state index in [9.17, 15) is 35.9 Å². The Morgan fingerprint density at radius 1 is 0.500 bits per heavy atom. The second-order valence-corrected chi connectivity index (χ2v) is 14.8. The third kappa shape index (κ3) is 19.2. The molecule has 0 aliphatic carbocycles. The smallest absolute Gasteiger partial charge is 0.741 e. The summed E-state index contributed by atoms with van der Waals surface area (Å²) >= 11 is 0. The average Bonchev–Trinajstić information content (AvgIpc) is 3.14. The van der Waals surface area contributed by atoms with E-state index >= 15 is 0 Å². The molecule has 0 aliphatic heterocycles. The fourth-order valence-corrected chi connectivity index (χ4v) is 4.27. The van der Waals surface area contributed by atoms with E-state index in [0.717, 1.165) is 34.2 Å². The van der Waals surface area contributed by atoms with Crippen LogP contribution in [0.3, 0.4) is 0 Å². The number of carbonyl (C=O) groups is 2. The van der Waals surface area contributed by atoms with E-state index in [0.29, 0.717) is 0 Å². The first-order valence-electron chi connectivity index (χ1n) is 16.1. The Bertz CT molecular complexity index is 2040. The van der Waals surface area contributed by atoms with Gasteiger partial charge in [0.15, 0.2) is 20.2 Å². The van der Waals surface area contributed by atoms with Crippen LogP contribution in [0.25, 0.3) is 0 Å². The van der Waals surface area contributed by atoms with Crippen molar-refractivity contribution in [2.45, 2.75) is 63.4 Å². The summed E-state index contributed by atoms with van der Waals surface area (Å²) in [5, 5.41) is 0. The predicted molar refractivity (Wildman–Crippen MR) is 206 cm³/mol. The van der Waals surface area contributed by atoms with Gasteiger partial charge in [0.05, 0.1) is 45.0 Å². The minimum atomic E-state index is -6.09. The van der Waals surface area contributed by atoms with Crippen LogP contribution in [-0.4, -0.2) is 89.4 Å². The maximum atomic E-state index is 10.7. The standard InChI is InChI=1S/C28H24N6.2C3H6O.2CHF3O3S.Co.3H2O/c1-27(21-11-3-7-15-30-21,22-12-4-8-16-31-22)25-19-29-20-26(34-25)28(2,23-13-5-9-17-32-23)24-14-6-10-18-33-24;2*1-3(2)4;2*2-1(3,4)8(5,6)7;;;;/h3-20H,1-2H3;2*1-2H3;2*(H,5,6,7);;3*1H2/q;;;;;+2;;;/p-1. The molecule has 17 nitrogen and oxygen atoms in total. The number of pyridine rings is 4. The molecule has 0 amide bonds. The molecule has 0 saturated carbocycles. The Morgan fingerprint density at radius 2 is 0.694 bits per heavy atom. The first-order valence-corrected chi connectivity index (χ1v) is 18.9. The Balaban J connectivity index is -0.000000499. The zero-order chi connectivity index (χ0) is 44.6. The molecule has 0 bridgehead atoms. The maximum absolute atomic E-state index is 10.7. The molecule has 1 radical (unpaired) electrons. The fourth-order valence-electron chi connectivity index (χ4n) is 4.27. The van der Waals surface area contributed by atoms with E-state index in [1.165, 1.54) is 27.7 Å². The van der Waals surface area contributed by atoms with E-state index in [-0.39, 0.29) is 44.8 Å². The third-order valence-electron chi connectivity index (χ3n) is 6.93. The molecule has 62 heavy (non-hydrogen) atoms. The van der Waals surface area contributed by atoms with Crippen molar-refractivity contribution < 1.29 is 95.1 Å². The van der Waals surface area contributed by atoms with Crippen LogP contribution >= 0.6 is 0 Å². The second kappa shape index (κ2) is 27.0. The molecule has 5 aromatic heterocycles. The Hall–Kier alpha value is -5.19. The summed E-state index contributed by atoms with van der Waals surface area (Å²) in [5.74, 6) is 0.333. The van der Waals surface area contributed by atoms with Crippen LogP contribution < -0.4 is 0 Å². The summed E-state index contributed by atoms with van der Waals surface area (Å²) in [4.78, 5) is 47.5. The van der Waals surface area contributed by atoms with Crippen LogP contribution in [0.5, 0.6) is 0 Å². The van der Waals surface area contributed by atoms with E-state index < -0.39 is 42.1 Å². The second-order valence-electron chi connectivity index (χ2n) is 12.0. The van der Waals surface area contributed by atoms with Crippen LogP contribution in [0, 0.1) is 0 Å². The summed E-state index contributed by atoms with van der Waals surface area (Å²) in [5.41, 5.74) is -7.83. The molecular formula is C36H43CoF6N6O11S2+. The topological polar surface area (TPSA) is 322 Å². The molecule has 0 unspecified atom stereocenters. The van der Waals surface area contributed by atoms with Crippen LogP contribution in [0.2, 0.25) is 0 Å². The van der Waals surface area contributed by atoms with Gasteiger partial charge in [-0.3, -0.25) is 29.9 Å². The quantitative estimate of drug-likeness (QED) is 0.102. The molecule has 5 heterocycles. The van der Waals surface area contributed by atoms with Crippen LogP contribution in [0.15, 0.2) is 110 Å². The molecule has 0 spiro atoms. The van der Waals surface area contributed by atoms with E-state index in [1.54, 1.807) is 37.2 Å². The molecule has 26 heteroatoms. The van der Waals surface area contributed by atoms with Gasteiger partial charge >= 0.3 is 27.8 Å². The number of carbonyl (C=O) groups excluding carboxylic acids is 2. The number of nitrogens with zero attached hydrogens (tertiary/aromatic N) is 6. The molecule has 0 atom stereocenters. The molecule has 0 saturated heterocycles. The van der Waals surface area contributed by atoms with E-state index in [4.69, 9.17) is 30.9 Å². The first-order chi connectivity index (χ1) is 26.6. The van der Waals surface area contributed by atoms with E-state index in [1.807, 2.05) is 72.8 Å².